The van der Waals surface area contributed by atoms with Gasteiger partial charge >= 0.3 is 0 Å². The Hall–Kier alpha value is -0.840. The van der Waals surface area contributed by atoms with E-state index in [9.17, 15) is 4.79 Å². The van der Waals surface area contributed by atoms with Gasteiger partial charge in [-0.25, -0.2) is 0 Å². The van der Waals surface area contributed by atoms with E-state index in [2.05, 4.69) is 22.9 Å². The second-order valence-corrected chi connectivity index (χ2v) is 3.37. The maximum absolute atomic E-state index is 10.8. The molecule has 0 atom stereocenters. The lowest BCUT2D eigenvalue weighted by atomic mass is 10.3. The third-order valence-electron chi connectivity index (χ3n) is 1.68. The van der Waals surface area contributed by atoms with E-state index in [1.54, 1.807) is 7.05 Å². The van der Waals surface area contributed by atoms with Gasteiger partial charge in [-0.15, -0.1) is 0 Å². The summed E-state index contributed by atoms with van der Waals surface area (Å²) in [5.74, 6) is 0.0687. The lowest BCUT2D eigenvalue weighted by Gasteiger charge is -2.08. The summed E-state index contributed by atoms with van der Waals surface area (Å²) < 4.78 is 0. The highest BCUT2D eigenvalue weighted by Crippen LogP contribution is 1.85. The molecule has 5 heteroatoms. The fourth-order valence-corrected chi connectivity index (χ4v) is 1.08. The van der Waals surface area contributed by atoms with E-state index in [0.717, 1.165) is 25.9 Å². The number of amides is 1. The van der Waals surface area contributed by atoms with Crippen LogP contribution >= 0.6 is 12.2 Å². The van der Waals surface area contributed by atoms with Gasteiger partial charge in [-0.1, -0.05) is 6.92 Å². The summed E-state index contributed by atoms with van der Waals surface area (Å²) in [6.07, 6.45) is 2.40. The van der Waals surface area contributed by atoms with Crippen LogP contribution < -0.4 is 16.0 Å². The third kappa shape index (κ3) is 7.79. The van der Waals surface area contributed by atoms with E-state index in [4.69, 9.17) is 12.2 Å². The first-order valence-corrected chi connectivity index (χ1v) is 5.33. The maximum atomic E-state index is 10.8. The molecule has 0 radical (unpaired) electrons. The molecular weight excluding hydrogens is 198 g/mol. The molecular formula is C9H19N3OS. The van der Waals surface area contributed by atoms with Crippen molar-refractivity contribution in [2.45, 2.75) is 26.2 Å². The Morgan fingerprint density at radius 2 is 1.93 bits per heavy atom. The standard InChI is InChI=1S/C9H19N3OS/c1-3-6-11-9(14)12-7-4-5-8(13)10-2/h3-7H2,1-2H3,(H,10,13)(H2,11,12,14). The second kappa shape index (κ2) is 8.74. The summed E-state index contributed by atoms with van der Waals surface area (Å²) in [5, 5.41) is 9.33. The van der Waals surface area contributed by atoms with Gasteiger partial charge < -0.3 is 16.0 Å². The summed E-state index contributed by atoms with van der Waals surface area (Å²) >= 11 is 5.00. The van der Waals surface area contributed by atoms with E-state index in [-0.39, 0.29) is 5.91 Å². The third-order valence-corrected chi connectivity index (χ3v) is 1.97. The van der Waals surface area contributed by atoms with Gasteiger partial charge in [0.2, 0.25) is 5.91 Å². The molecule has 82 valence electrons. The first-order chi connectivity index (χ1) is 6.70. The Kier molecular flexibility index (Phi) is 8.22. The molecule has 4 nitrogen and oxygen atoms in total. The molecule has 0 aromatic rings. The largest absolute Gasteiger partial charge is 0.363 e. The topological polar surface area (TPSA) is 53.2 Å². The quantitative estimate of drug-likeness (QED) is 0.445. The Morgan fingerprint density at radius 1 is 1.29 bits per heavy atom. The van der Waals surface area contributed by atoms with Crippen LogP contribution in [0.2, 0.25) is 0 Å². The van der Waals surface area contributed by atoms with Crippen molar-refractivity contribution in [3.8, 4) is 0 Å². The first-order valence-electron chi connectivity index (χ1n) is 4.93. The highest BCUT2D eigenvalue weighted by atomic mass is 32.1. The van der Waals surface area contributed by atoms with E-state index in [1.807, 2.05) is 0 Å². The molecule has 0 heterocycles. The van der Waals surface area contributed by atoms with Gasteiger partial charge in [0, 0.05) is 26.6 Å². The lowest BCUT2D eigenvalue weighted by Crippen LogP contribution is -2.36. The zero-order chi connectivity index (χ0) is 10.8. The molecule has 0 aliphatic carbocycles. The fraction of sp³-hybridized carbons (Fsp3) is 0.778. The van der Waals surface area contributed by atoms with Crippen LogP contribution in [0.3, 0.4) is 0 Å². The number of carbonyl (C=O) groups is 1. The van der Waals surface area contributed by atoms with Crippen molar-refractivity contribution in [2.75, 3.05) is 20.1 Å². The molecule has 3 N–H and O–H groups in total. The average molecular weight is 217 g/mol. The molecule has 0 saturated carbocycles. The minimum absolute atomic E-state index is 0.0687. The molecule has 0 aromatic carbocycles. The van der Waals surface area contributed by atoms with E-state index in [1.165, 1.54) is 0 Å². The van der Waals surface area contributed by atoms with Gasteiger partial charge in [-0.05, 0) is 25.1 Å². The molecule has 0 aromatic heterocycles. The van der Waals surface area contributed by atoms with Crippen molar-refractivity contribution >= 4 is 23.2 Å². The van der Waals surface area contributed by atoms with Crippen molar-refractivity contribution in [1.82, 2.24) is 16.0 Å². The number of nitrogens with one attached hydrogen (secondary N) is 3. The van der Waals surface area contributed by atoms with Crippen molar-refractivity contribution < 1.29 is 4.79 Å². The second-order valence-electron chi connectivity index (χ2n) is 2.96. The number of hydrogen-bond acceptors (Lipinski definition) is 2. The molecule has 0 aliphatic heterocycles. The molecule has 0 unspecified atom stereocenters. The normalized spacial score (nSPS) is 9.29. The molecule has 0 rings (SSSR count). The van der Waals surface area contributed by atoms with E-state index >= 15 is 0 Å². The summed E-state index contributed by atoms with van der Waals surface area (Å²) in [6.45, 7) is 3.71. The molecule has 0 aliphatic rings. The summed E-state index contributed by atoms with van der Waals surface area (Å²) in [6, 6.07) is 0. The van der Waals surface area contributed by atoms with Crippen LogP contribution in [0, 0.1) is 0 Å². The van der Waals surface area contributed by atoms with Crippen LogP contribution in [-0.4, -0.2) is 31.2 Å². The minimum atomic E-state index is 0.0687. The van der Waals surface area contributed by atoms with Crippen LogP contribution in [0.25, 0.3) is 0 Å². The molecule has 0 fully saturated rings. The average Bonchev–Trinajstić information content (AvgIpc) is 2.21. The predicted molar refractivity (Wildman–Crippen MR) is 62.2 cm³/mol. The maximum Gasteiger partial charge on any atom is 0.219 e. The zero-order valence-electron chi connectivity index (χ0n) is 8.85. The van der Waals surface area contributed by atoms with Gasteiger partial charge in [0.05, 0.1) is 0 Å². The molecule has 1 amide bonds. The van der Waals surface area contributed by atoms with Crippen LogP contribution in [0.15, 0.2) is 0 Å². The van der Waals surface area contributed by atoms with E-state index < -0.39 is 0 Å². The Labute approximate surface area is 90.8 Å². The van der Waals surface area contributed by atoms with Gasteiger partial charge in [0.15, 0.2) is 5.11 Å². The van der Waals surface area contributed by atoms with Gasteiger partial charge in [0.25, 0.3) is 0 Å². The number of rotatable bonds is 6. The Balaban J connectivity index is 3.27. The molecule has 0 saturated heterocycles. The van der Waals surface area contributed by atoms with E-state index in [0.29, 0.717) is 11.5 Å². The lowest BCUT2D eigenvalue weighted by molar-refractivity contribution is -0.120. The number of thiocarbonyl (C=S) groups is 1. The summed E-state index contributed by atoms with van der Waals surface area (Å²) in [4.78, 5) is 10.8. The minimum Gasteiger partial charge on any atom is -0.363 e. The highest BCUT2D eigenvalue weighted by Gasteiger charge is 1.97. The monoisotopic (exact) mass is 217 g/mol. The highest BCUT2D eigenvalue weighted by molar-refractivity contribution is 7.80. The number of hydrogen-bond donors (Lipinski definition) is 3. The summed E-state index contributed by atoms with van der Waals surface area (Å²) in [5.41, 5.74) is 0. The predicted octanol–water partition coefficient (Wildman–Crippen LogP) is 0.387. The smallest absolute Gasteiger partial charge is 0.219 e. The molecule has 0 spiro atoms. The van der Waals surface area contributed by atoms with Crippen LogP contribution in [0.1, 0.15) is 26.2 Å². The van der Waals surface area contributed by atoms with Gasteiger partial charge in [0.1, 0.15) is 0 Å². The van der Waals surface area contributed by atoms with Gasteiger partial charge in [-0.3, -0.25) is 4.79 Å². The van der Waals surface area contributed by atoms with Crippen LogP contribution in [-0.2, 0) is 4.79 Å². The van der Waals surface area contributed by atoms with Crippen molar-refractivity contribution in [1.29, 1.82) is 0 Å². The van der Waals surface area contributed by atoms with Crippen molar-refractivity contribution in [3.63, 3.8) is 0 Å². The van der Waals surface area contributed by atoms with Crippen LogP contribution in [0.5, 0.6) is 0 Å². The molecule has 0 bridgehead atoms. The Morgan fingerprint density at radius 3 is 2.50 bits per heavy atom. The van der Waals surface area contributed by atoms with Gasteiger partial charge in [-0.2, -0.15) is 0 Å². The van der Waals surface area contributed by atoms with Crippen molar-refractivity contribution in [2.24, 2.45) is 0 Å². The first kappa shape index (κ1) is 13.2. The number of carbonyl (C=O) groups excluding carboxylic acids is 1. The summed E-state index contributed by atoms with van der Waals surface area (Å²) in [7, 11) is 1.64. The SMILES string of the molecule is CCCNC(=S)NCCCC(=O)NC. The van der Waals surface area contributed by atoms with Crippen molar-refractivity contribution in [3.05, 3.63) is 0 Å². The Bertz CT molecular complexity index is 185. The fourth-order valence-electron chi connectivity index (χ4n) is 0.877. The molecule has 14 heavy (non-hydrogen) atoms. The van der Waals surface area contributed by atoms with Crippen LogP contribution in [0.4, 0.5) is 0 Å². The zero-order valence-corrected chi connectivity index (χ0v) is 9.67.